The van der Waals surface area contributed by atoms with Crippen LogP contribution in [-0.2, 0) is 14.6 Å². The molecule has 1 atom stereocenters. The lowest BCUT2D eigenvalue weighted by atomic mass is 9.95. The third-order valence-corrected chi connectivity index (χ3v) is 4.62. The fourth-order valence-electron chi connectivity index (χ4n) is 1.17. The summed E-state index contributed by atoms with van der Waals surface area (Å²) in [6.45, 7) is 5.48. The van der Waals surface area contributed by atoms with Crippen molar-refractivity contribution in [2.75, 3.05) is 18.6 Å². The van der Waals surface area contributed by atoms with Crippen molar-refractivity contribution in [1.29, 1.82) is 0 Å². The number of nitrogens with two attached hydrogens (primary N) is 1. The summed E-state index contributed by atoms with van der Waals surface area (Å²) in [4.78, 5) is 0. The minimum absolute atomic E-state index is 0.130. The van der Waals surface area contributed by atoms with Gasteiger partial charge in [0.25, 0.3) is 0 Å². The zero-order valence-electron chi connectivity index (χ0n) is 10.1. The molecule has 92 valence electrons. The van der Waals surface area contributed by atoms with Crippen molar-refractivity contribution in [1.82, 2.24) is 0 Å². The van der Waals surface area contributed by atoms with Crippen LogP contribution in [-0.4, -0.2) is 38.7 Å². The third kappa shape index (κ3) is 5.49. The predicted octanol–water partition coefficient (Wildman–Crippen LogP) is 0.954. The first-order chi connectivity index (χ1) is 6.75. The van der Waals surface area contributed by atoms with E-state index in [9.17, 15) is 8.42 Å². The van der Waals surface area contributed by atoms with E-state index >= 15 is 0 Å². The molecule has 0 amide bonds. The van der Waals surface area contributed by atoms with Crippen molar-refractivity contribution in [2.45, 2.75) is 45.3 Å². The Hall–Kier alpha value is -0.130. The Morgan fingerprint density at radius 1 is 1.40 bits per heavy atom. The Morgan fingerprint density at radius 3 is 2.33 bits per heavy atom. The van der Waals surface area contributed by atoms with Gasteiger partial charge in [0.15, 0.2) is 0 Å². The number of hydrogen-bond acceptors (Lipinski definition) is 4. The molecule has 0 heterocycles. The SMILES string of the molecule is CCS(=O)(=O)CCCC(N)C(C)(C)OC. The van der Waals surface area contributed by atoms with E-state index in [-0.39, 0.29) is 17.5 Å². The Labute approximate surface area is 93.1 Å². The highest BCUT2D eigenvalue weighted by atomic mass is 32.2. The molecule has 15 heavy (non-hydrogen) atoms. The Morgan fingerprint density at radius 2 is 1.93 bits per heavy atom. The van der Waals surface area contributed by atoms with Crippen LogP contribution >= 0.6 is 0 Å². The van der Waals surface area contributed by atoms with Crippen LogP contribution in [0.1, 0.15) is 33.6 Å². The average Bonchev–Trinajstić information content (AvgIpc) is 2.17. The maximum absolute atomic E-state index is 11.2. The zero-order valence-corrected chi connectivity index (χ0v) is 10.9. The van der Waals surface area contributed by atoms with Crippen LogP contribution in [0.2, 0.25) is 0 Å². The lowest BCUT2D eigenvalue weighted by Gasteiger charge is -2.30. The molecule has 0 saturated carbocycles. The fourth-order valence-corrected chi connectivity index (χ4v) is 2.06. The minimum Gasteiger partial charge on any atom is -0.377 e. The van der Waals surface area contributed by atoms with Crippen molar-refractivity contribution in [3.63, 3.8) is 0 Å². The lowest BCUT2D eigenvalue weighted by Crippen LogP contribution is -2.44. The number of rotatable bonds is 7. The van der Waals surface area contributed by atoms with Crippen molar-refractivity contribution in [3.05, 3.63) is 0 Å². The summed E-state index contributed by atoms with van der Waals surface area (Å²) < 4.78 is 27.7. The van der Waals surface area contributed by atoms with Crippen LogP contribution in [0.5, 0.6) is 0 Å². The van der Waals surface area contributed by atoms with Gasteiger partial charge in [0.2, 0.25) is 0 Å². The molecule has 0 fully saturated rings. The number of ether oxygens (including phenoxy) is 1. The maximum Gasteiger partial charge on any atom is 0.150 e. The highest BCUT2D eigenvalue weighted by molar-refractivity contribution is 7.91. The van der Waals surface area contributed by atoms with Gasteiger partial charge in [-0.05, 0) is 26.7 Å². The molecule has 0 aliphatic carbocycles. The van der Waals surface area contributed by atoms with Gasteiger partial charge in [0.05, 0.1) is 11.4 Å². The van der Waals surface area contributed by atoms with Crippen LogP contribution in [0.15, 0.2) is 0 Å². The van der Waals surface area contributed by atoms with Gasteiger partial charge in [0.1, 0.15) is 9.84 Å². The number of sulfone groups is 1. The van der Waals surface area contributed by atoms with E-state index < -0.39 is 15.4 Å². The summed E-state index contributed by atoms with van der Waals surface area (Å²) in [6.07, 6.45) is 1.27. The van der Waals surface area contributed by atoms with E-state index in [0.29, 0.717) is 12.8 Å². The van der Waals surface area contributed by atoms with E-state index in [0.717, 1.165) is 0 Å². The number of methoxy groups -OCH3 is 1. The monoisotopic (exact) mass is 237 g/mol. The van der Waals surface area contributed by atoms with Crippen molar-refractivity contribution >= 4 is 9.84 Å². The Bertz CT molecular complexity index is 272. The number of hydrogen-bond donors (Lipinski definition) is 1. The molecule has 0 bridgehead atoms. The van der Waals surface area contributed by atoms with Gasteiger partial charge < -0.3 is 10.5 Å². The van der Waals surface area contributed by atoms with Gasteiger partial charge >= 0.3 is 0 Å². The van der Waals surface area contributed by atoms with Crippen LogP contribution in [0.4, 0.5) is 0 Å². The summed E-state index contributed by atoms with van der Waals surface area (Å²) in [5.74, 6) is 0.424. The normalized spacial score (nSPS) is 15.3. The van der Waals surface area contributed by atoms with Crippen molar-refractivity contribution in [2.24, 2.45) is 5.73 Å². The first-order valence-corrected chi connectivity index (χ1v) is 7.08. The largest absolute Gasteiger partial charge is 0.377 e. The van der Waals surface area contributed by atoms with Gasteiger partial charge in [-0.1, -0.05) is 6.92 Å². The molecule has 0 spiro atoms. The Balaban J connectivity index is 3.98. The summed E-state index contributed by atoms with van der Waals surface area (Å²) in [5.41, 5.74) is 5.52. The summed E-state index contributed by atoms with van der Waals surface area (Å²) in [7, 11) is -1.25. The molecular formula is C10H23NO3S. The molecule has 2 N–H and O–H groups in total. The molecule has 0 radical (unpaired) electrons. The van der Waals surface area contributed by atoms with Crippen LogP contribution < -0.4 is 5.73 Å². The zero-order chi connectivity index (χ0) is 12.1. The smallest absolute Gasteiger partial charge is 0.150 e. The van der Waals surface area contributed by atoms with Crippen LogP contribution in [0, 0.1) is 0 Å². The second-order valence-corrected chi connectivity index (χ2v) is 6.77. The second kappa shape index (κ2) is 5.82. The second-order valence-electron chi connectivity index (χ2n) is 4.29. The maximum atomic E-state index is 11.2. The predicted molar refractivity (Wildman–Crippen MR) is 62.6 cm³/mol. The first kappa shape index (κ1) is 14.9. The first-order valence-electron chi connectivity index (χ1n) is 5.26. The van der Waals surface area contributed by atoms with E-state index in [1.807, 2.05) is 13.8 Å². The highest BCUT2D eigenvalue weighted by Crippen LogP contribution is 2.16. The lowest BCUT2D eigenvalue weighted by molar-refractivity contribution is -0.00153. The van der Waals surface area contributed by atoms with Crippen molar-refractivity contribution in [3.8, 4) is 0 Å². The molecule has 0 aliphatic heterocycles. The van der Waals surface area contributed by atoms with Gasteiger partial charge in [-0.25, -0.2) is 8.42 Å². The van der Waals surface area contributed by atoms with Crippen LogP contribution in [0.25, 0.3) is 0 Å². The fraction of sp³-hybridized carbons (Fsp3) is 1.00. The standard InChI is InChI=1S/C10H23NO3S/c1-5-15(12,13)8-6-7-9(11)10(2,3)14-4/h9H,5-8,11H2,1-4H3. The molecule has 1 unspecified atom stereocenters. The van der Waals surface area contributed by atoms with Crippen LogP contribution in [0.3, 0.4) is 0 Å². The topological polar surface area (TPSA) is 69.4 Å². The Kier molecular flexibility index (Phi) is 5.77. The molecule has 0 saturated heterocycles. The molecule has 0 rings (SSSR count). The summed E-state index contributed by atoms with van der Waals surface area (Å²) in [5, 5.41) is 0. The molecule has 0 aliphatic rings. The molecule has 0 aromatic heterocycles. The summed E-state index contributed by atoms with van der Waals surface area (Å²) in [6, 6.07) is -0.130. The molecule has 5 heteroatoms. The van der Waals surface area contributed by atoms with Gasteiger partial charge in [0, 0.05) is 18.9 Å². The molecule has 0 aromatic rings. The third-order valence-electron chi connectivity index (χ3n) is 2.83. The summed E-state index contributed by atoms with van der Waals surface area (Å²) >= 11 is 0. The van der Waals surface area contributed by atoms with E-state index in [2.05, 4.69) is 0 Å². The van der Waals surface area contributed by atoms with Crippen molar-refractivity contribution < 1.29 is 13.2 Å². The van der Waals surface area contributed by atoms with E-state index in [1.165, 1.54) is 0 Å². The molecular weight excluding hydrogens is 214 g/mol. The quantitative estimate of drug-likeness (QED) is 0.716. The van der Waals surface area contributed by atoms with E-state index in [1.54, 1.807) is 14.0 Å². The average molecular weight is 237 g/mol. The van der Waals surface area contributed by atoms with Gasteiger partial charge in [-0.15, -0.1) is 0 Å². The van der Waals surface area contributed by atoms with Gasteiger partial charge in [-0.3, -0.25) is 0 Å². The highest BCUT2D eigenvalue weighted by Gasteiger charge is 2.25. The molecule has 0 aromatic carbocycles. The van der Waals surface area contributed by atoms with Gasteiger partial charge in [-0.2, -0.15) is 0 Å². The minimum atomic E-state index is -2.86. The molecule has 4 nitrogen and oxygen atoms in total. The van der Waals surface area contributed by atoms with E-state index in [4.69, 9.17) is 10.5 Å².